The third kappa shape index (κ3) is 7.76. The first-order valence-corrected chi connectivity index (χ1v) is 19.5. The fourth-order valence-electron chi connectivity index (χ4n) is 11.3. The van der Waals surface area contributed by atoms with E-state index in [1.807, 2.05) is 5.57 Å². The number of allylic oxidation sites excluding steroid dienone is 4. The van der Waals surface area contributed by atoms with E-state index in [2.05, 4.69) is 62.0 Å². The standard InChI is InChI=1S/C41H68N2/c1-5-43-40-24-16-31(26-30(2)33-12-8-6-9-13-33)27-36(40)18-19-37-28-32(17-25-41(37)43)29-39(34-14-10-7-11-15-34)35-20-22-38(23-21-35)42(3)4/h18-19,26,29,31-38,40-41H,5-17,20-25,27-28H2,1-4H3/b30-26+,39-29+. The molecule has 6 unspecified atom stereocenters. The molecule has 0 N–H and O–H groups in total. The van der Waals surface area contributed by atoms with E-state index < -0.39 is 0 Å². The van der Waals surface area contributed by atoms with E-state index in [-0.39, 0.29) is 0 Å². The van der Waals surface area contributed by atoms with Crippen LogP contribution in [0.15, 0.2) is 35.5 Å². The van der Waals surface area contributed by atoms with Gasteiger partial charge in [-0.2, -0.15) is 0 Å². The topological polar surface area (TPSA) is 6.48 Å². The van der Waals surface area contributed by atoms with Crippen molar-refractivity contribution in [2.75, 3.05) is 20.6 Å². The van der Waals surface area contributed by atoms with Crippen LogP contribution in [0.3, 0.4) is 0 Å². The summed E-state index contributed by atoms with van der Waals surface area (Å²) in [6.45, 7) is 6.19. The number of fused-ring (bicyclic) bond motifs is 2. The molecule has 242 valence electrons. The van der Waals surface area contributed by atoms with Crippen LogP contribution in [0.25, 0.3) is 0 Å². The van der Waals surface area contributed by atoms with E-state index in [0.29, 0.717) is 0 Å². The Labute approximate surface area is 267 Å². The Morgan fingerprint density at radius 3 is 1.67 bits per heavy atom. The molecule has 2 nitrogen and oxygen atoms in total. The lowest BCUT2D eigenvalue weighted by atomic mass is 9.69. The van der Waals surface area contributed by atoms with Crippen LogP contribution < -0.4 is 0 Å². The summed E-state index contributed by atoms with van der Waals surface area (Å²) < 4.78 is 0. The maximum absolute atomic E-state index is 3.02. The summed E-state index contributed by atoms with van der Waals surface area (Å²) in [5.74, 6) is 5.80. The predicted octanol–water partition coefficient (Wildman–Crippen LogP) is 10.6. The highest BCUT2D eigenvalue weighted by Gasteiger charge is 2.42. The quantitative estimate of drug-likeness (QED) is 0.273. The summed E-state index contributed by atoms with van der Waals surface area (Å²) in [5.41, 5.74) is 3.68. The van der Waals surface area contributed by atoms with Crippen molar-refractivity contribution in [3.8, 4) is 0 Å². The van der Waals surface area contributed by atoms with Crippen LogP contribution in [0.2, 0.25) is 0 Å². The first-order valence-electron chi connectivity index (χ1n) is 19.5. The number of hydrogen-bond acceptors (Lipinski definition) is 2. The van der Waals surface area contributed by atoms with Crippen LogP contribution in [0, 0.1) is 41.4 Å². The molecule has 0 aromatic heterocycles. The summed E-state index contributed by atoms with van der Waals surface area (Å²) >= 11 is 0. The molecule has 5 aliphatic carbocycles. The Morgan fingerprint density at radius 2 is 1.14 bits per heavy atom. The van der Waals surface area contributed by atoms with Crippen molar-refractivity contribution in [3.05, 3.63) is 35.5 Å². The Bertz CT molecular complexity index is 954. The third-order valence-electron chi connectivity index (χ3n) is 13.8. The van der Waals surface area contributed by atoms with Gasteiger partial charge in [0.2, 0.25) is 0 Å². The molecule has 6 atom stereocenters. The van der Waals surface area contributed by atoms with E-state index in [1.165, 1.54) is 135 Å². The molecule has 0 aromatic rings. The lowest BCUT2D eigenvalue weighted by Crippen LogP contribution is -2.51. The van der Waals surface area contributed by atoms with Gasteiger partial charge >= 0.3 is 0 Å². The van der Waals surface area contributed by atoms with E-state index in [0.717, 1.165) is 59.6 Å². The Hall–Kier alpha value is -0.860. The van der Waals surface area contributed by atoms with E-state index in [9.17, 15) is 0 Å². The minimum absolute atomic E-state index is 0.760. The van der Waals surface area contributed by atoms with Gasteiger partial charge in [0.25, 0.3) is 0 Å². The molecule has 0 spiro atoms. The van der Waals surface area contributed by atoms with Crippen molar-refractivity contribution >= 4 is 0 Å². The van der Waals surface area contributed by atoms with Crippen LogP contribution in [0.4, 0.5) is 0 Å². The molecule has 0 bridgehead atoms. The van der Waals surface area contributed by atoms with Gasteiger partial charge < -0.3 is 4.90 Å². The average Bonchev–Trinajstić information content (AvgIpc) is 3.20. The van der Waals surface area contributed by atoms with Gasteiger partial charge in [0.05, 0.1) is 0 Å². The monoisotopic (exact) mass is 589 g/mol. The molecule has 43 heavy (non-hydrogen) atoms. The van der Waals surface area contributed by atoms with E-state index >= 15 is 0 Å². The largest absolute Gasteiger partial charge is 0.306 e. The Balaban J connectivity index is 1.14. The third-order valence-corrected chi connectivity index (χ3v) is 13.8. The number of rotatable bonds is 7. The molecule has 6 aliphatic rings. The fourth-order valence-corrected chi connectivity index (χ4v) is 11.3. The molecule has 0 aromatic carbocycles. The highest BCUT2D eigenvalue weighted by Crippen LogP contribution is 2.46. The van der Waals surface area contributed by atoms with Crippen LogP contribution in [0.5, 0.6) is 0 Å². The summed E-state index contributed by atoms with van der Waals surface area (Å²) in [7, 11) is 4.60. The Morgan fingerprint density at radius 1 is 0.628 bits per heavy atom. The summed E-state index contributed by atoms with van der Waals surface area (Å²) in [4.78, 5) is 5.52. The summed E-state index contributed by atoms with van der Waals surface area (Å²) in [6, 6.07) is 2.38. The first-order chi connectivity index (χ1) is 21.0. The molecule has 5 saturated carbocycles. The summed E-state index contributed by atoms with van der Waals surface area (Å²) in [6.07, 6.45) is 40.0. The molecule has 1 heterocycles. The van der Waals surface area contributed by atoms with Crippen molar-refractivity contribution in [1.29, 1.82) is 0 Å². The predicted molar refractivity (Wildman–Crippen MR) is 185 cm³/mol. The zero-order valence-electron chi connectivity index (χ0n) is 28.8. The molecule has 5 fully saturated rings. The van der Waals surface area contributed by atoms with Gasteiger partial charge in [-0.25, -0.2) is 0 Å². The SMILES string of the molecule is CCN1C2CCC(/C=C(\C)C3CCCCC3)CC2C=CC2CC(/C=C(\C3CCCCC3)C3CCC(N(C)C)CC3)CCC21. The maximum atomic E-state index is 3.02. The number of hydrogen-bond donors (Lipinski definition) is 0. The number of nitrogens with zero attached hydrogens (tertiary/aromatic N) is 2. The van der Waals surface area contributed by atoms with Crippen molar-refractivity contribution in [3.63, 3.8) is 0 Å². The molecule has 6 rings (SSSR count). The van der Waals surface area contributed by atoms with Gasteiger partial charge in [0, 0.05) is 18.1 Å². The molecular formula is C41H68N2. The van der Waals surface area contributed by atoms with Crippen molar-refractivity contribution in [2.24, 2.45) is 41.4 Å². The van der Waals surface area contributed by atoms with Gasteiger partial charge in [-0.3, -0.25) is 4.90 Å². The van der Waals surface area contributed by atoms with Gasteiger partial charge in [-0.15, -0.1) is 0 Å². The van der Waals surface area contributed by atoms with Gasteiger partial charge in [0.1, 0.15) is 0 Å². The van der Waals surface area contributed by atoms with Crippen LogP contribution in [-0.2, 0) is 0 Å². The molecular weight excluding hydrogens is 520 g/mol. The van der Waals surface area contributed by atoms with Crippen LogP contribution in [-0.4, -0.2) is 48.6 Å². The van der Waals surface area contributed by atoms with Crippen molar-refractivity contribution in [2.45, 2.75) is 160 Å². The van der Waals surface area contributed by atoms with Gasteiger partial charge in [0.15, 0.2) is 0 Å². The average molecular weight is 589 g/mol. The second-order valence-corrected chi connectivity index (χ2v) is 16.5. The van der Waals surface area contributed by atoms with E-state index in [4.69, 9.17) is 0 Å². The first kappa shape index (κ1) is 32.1. The Kier molecular flexibility index (Phi) is 11.3. The minimum Gasteiger partial charge on any atom is -0.306 e. The van der Waals surface area contributed by atoms with Crippen molar-refractivity contribution < 1.29 is 0 Å². The van der Waals surface area contributed by atoms with Crippen LogP contribution in [0.1, 0.15) is 142 Å². The summed E-state index contributed by atoms with van der Waals surface area (Å²) in [5, 5.41) is 0. The fraction of sp³-hybridized carbons (Fsp3) is 0.854. The van der Waals surface area contributed by atoms with Crippen LogP contribution >= 0.6 is 0 Å². The van der Waals surface area contributed by atoms with Gasteiger partial charge in [-0.1, -0.05) is 80.9 Å². The minimum atomic E-state index is 0.760. The zero-order chi connectivity index (χ0) is 29.8. The molecule has 1 aliphatic heterocycles. The molecule has 2 heteroatoms. The highest BCUT2D eigenvalue weighted by molar-refractivity contribution is 5.18. The zero-order valence-corrected chi connectivity index (χ0v) is 28.8. The van der Waals surface area contributed by atoms with E-state index in [1.54, 1.807) is 5.57 Å². The maximum Gasteiger partial charge on any atom is 0.0161 e. The highest BCUT2D eigenvalue weighted by atomic mass is 15.2. The lowest BCUT2D eigenvalue weighted by molar-refractivity contribution is 0.0413. The molecule has 0 amide bonds. The normalized spacial score (nSPS) is 39.4. The lowest BCUT2D eigenvalue weighted by Gasteiger charge is -2.47. The van der Waals surface area contributed by atoms with Crippen molar-refractivity contribution in [1.82, 2.24) is 9.80 Å². The molecule has 0 radical (unpaired) electrons. The smallest absolute Gasteiger partial charge is 0.0161 e. The van der Waals surface area contributed by atoms with Gasteiger partial charge in [-0.05, 0) is 159 Å². The second kappa shape index (κ2) is 15.2. The molecule has 0 saturated heterocycles. The second-order valence-electron chi connectivity index (χ2n) is 16.5.